The number of hydrogen-bond donors (Lipinski definition) is 2. The molecule has 0 aliphatic carbocycles. The highest BCUT2D eigenvalue weighted by atomic mass is 16.5. The average molecular weight is 222 g/mol. The maximum absolute atomic E-state index is 10.5. The Hall–Kier alpha value is -2.31. The van der Waals surface area contributed by atoms with Crippen LogP contribution in [0.1, 0.15) is 16.2 Å². The van der Waals surface area contributed by atoms with Crippen LogP contribution in [0.25, 0.3) is 0 Å². The quantitative estimate of drug-likeness (QED) is 0.791. The lowest BCUT2D eigenvalue weighted by molar-refractivity contribution is 0.0685. The van der Waals surface area contributed by atoms with Gasteiger partial charge in [0.15, 0.2) is 11.5 Å². The summed E-state index contributed by atoms with van der Waals surface area (Å²) < 4.78 is 6.48. The first-order valence-corrected chi connectivity index (χ1v) is 4.57. The van der Waals surface area contributed by atoms with E-state index in [9.17, 15) is 4.79 Å². The van der Waals surface area contributed by atoms with E-state index < -0.39 is 5.97 Å². The molecule has 16 heavy (non-hydrogen) atoms. The second-order valence-corrected chi connectivity index (χ2v) is 3.21. The zero-order valence-corrected chi connectivity index (χ0v) is 8.54. The van der Waals surface area contributed by atoms with E-state index in [4.69, 9.17) is 9.63 Å². The Morgan fingerprint density at radius 1 is 1.69 bits per heavy atom. The lowest BCUT2D eigenvalue weighted by Crippen LogP contribution is -2.00. The van der Waals surface area contributed by atoms with Crippen LogP contribution in [0.3, 0.4) is 0 Å². The van der Waals surface area contributed by atoms with E-state index in [1.54, 1.807) is 16.9 Å². The summed E-state index contributed by atoms with van der Waals surface area (Å²) in [6.07, 6.45) is 1.80. The van der Waals surface area contributed by atoms with Crippen LogP contribution in [0.4, 0.5) is 5.82 Å². The zero-order chi connectivity index (χ0) is 11.5. The molecule has 0 saturated heterocycles. The third-order valence-electron chi connectivity index (χ3n) is 1.94. The van der Waals surface area contributed by atoms with Gasteiger partial charge in [-0.1, -0.05) is 5.16 Å². The summed E-state index contributed by atoms with van der Waals surface area (Å²) in [5.74, 6) is 0.0339. The molecule has 0 radical (unpaired) electrons. The van der Waals surface area contributed by atoms with E-state index >= 15 is 0 Å². The van der Waals surface area contributed by atoms with Crippen LogP contribution in [-0.2, 0) is 13.6 Å². The van der Waals surface area contributed by atoms with Crippen molar-refractivity contribution in [3.63, 3.8) is 0 Å². The molecule has 0 spiro atoms. The van der Waals surface area contributed by atoms with Gasteiger partial charge in [0.1, 0.15) is 5.82 Å². The van der Waals surface area contributed by atoms with E-state index in [2.05, 4.69) is 15.6 Å². The molecule has 2 N–H and O–H groups in total. The van der Waals surface area contributed by atoms with Crippen molar-refractivity contribution in [1.29, 1.82) is 0 Å². The molecule has 0 fully saturated rings. The van der Waals surface area contributed by atoms with Crippen molar-refractivity contribution in [2.75, 3.05) is 5.32 Å². The number of anilines is 1. The SMILES string of the molecule is Cn1ccc(NCc2cc(C(=O)O)no2)n1. The fourth-order valence-corrected chi connectivity index (χ4v) is 1.18. The second-order valence-electron chi connectivity index (χ2n) is 3.21. The molecule has 84 valence electrons. The summed E-state index contributed by atoms with van der Waals surface area (Å²) >= 11 is 0. The van der Waals surface area contributed by atoms with Crippen molar-refractivity contribution < 1.29 is 14.4 Å². The molecule has 0 aromatic carbocycles. The van der Waals surface area contributed by atoms with Gasteiger partial charge in [-0.05, 0) is 0 Å². The van der Waals surface area contributed by atoms with Gasteiger partial charge >= 0.3 is 5.97 Å². The number of nitrogens with one attached hydrogen (secondary N) is 1. The van der Waals surface area contributed by atoms with E-state index in [-0.39, 0.29) is 5.69 Å². The minimum Gasteiger partial charge on any atom is -0.476 e. The molecule has 2 aromatic heterocycles. The van der Waals surface area contributed by atoms with Crippen LogP contribution >= 0.6 is 0 Å². The summed E-state index contributed by atoms with van der Waals surface area (Å²) in [5.41, 5.74) is -0.0992. The van der Waals surface area contributed by atoms with Crippen LogP contribution in [0.15, 0.2) is 22.9 Å². The first kappa shape index (κ1) is 10.2. The predicted molar refractivity (Wildman–Crippen MR) is 54.0 cm³/mol. The first-order chi connectivity index (χ1) is 7.65. The maximum atomic E-state index is 10.5. The van der Waals surface area contributed by atoms with Gasteiger partial charge in [0.05, 0.1) is 6.54 Å². The summed E-state index contributed by atoms with van der Waals surface area (Å²) in [7, 11) is 1.81. The molecule has 0 aliphatic heterocycles. The molecule has 0 atom stereocenters. The predicted octanol–water partition coefficient (Wildman–Crippen LogP) is 0.718. The number of hydrogen-bond acceptors (Lipinski definition) is 5. The zero-order valence-electron chi connectivity index (χ0n) is 8.54. The number of aromatic carboxylic acids is 1. The van der Waals surface area contributed by atoms with Crippen LogP contribution in [0.2, 0.25) is 0 Å². The van der Waals surface area contributed by atoms with Crippen molar-refractivity contribution >= 4 is 11.8 Å². The smallest absolute Gasteiger partial charge is 0.358 e. The van der Waals surface area contributed by atoms with E-state index in [0.29, 0.717) is 18.1 Å². The standard InChI is InChI=1S/C9H10N4O3/c1-13-3-2-8(11-13)10-5-6-4-7(9(14)15)12-16-6/h2-4H,5H2,1H3,(H,10,11)(H,14,15). The highest BCUT2D eigenvalue weighted by Gasteiger charge is 2.10. The van der Waals surface area contributed by atoms with Gasteiger partial charge in [-0.25, -0.2) is 4.79 Å². The monoisotopic (exact) mass is 222 g/mol. The van der Waals surface area contributed by atoms with Gasteiger partial charge in [0.2, 0.25) is 0 Å². The molecule has 2 heterocycles. The van der Waals surface area contributed by atoms with Crippen molar-refractivity contribution in [1.82, 2.24) is 14.9 Å². The van der Waals surface area contributed by atoms with E-state index in [1.165, 1.54) is 6.07 Å². The van der Waals surface area contributed by atoms with Crippen molar-refractivity contribution in [2.45, 2.75) is 6.54 Å². The number of aromatic nitrogens is 3. The number of aryl methyl sites for hydroxylation is 1. The van der Waals surface area contributed by atoms with E-state index in [0.717, 1.165) is 0 Å². The Bertz CT molecular complexity index is 502. The molecule has 7 heteroatoms. The number of nitrogens with zero attached hydrogens (tertiary/aromatic N) is 3. The molecule has 7 nitrogen and oxygen atoms in total. The molecular formula is C9H10N4O3. The van der Waals surface area contributed by atoms with Crippen LogP contribution in [0, 0.1) is 0 Å². The van der Waals surface area contributed by atoms with Crippen molar-refractivity contribution in [2.24, 2.45) is 7.05 Å². The Labute approximate surface area is 90.7 Å². The van der Waals surface area contributed by atoms with Crippen molar-refractivity contribution in [3.05, 3.63) is 29.8 Å². The lowest BCUT2D eigenvalue weighted by atomic mass is 10.3. The summed E-state index contributed by atoms with van der Waals surface area (Å²) in [6.45, 7) is 0.345. The third-order valence-corrected chi connectivity index (χ3v) is 1.94. The highest BCUT2D eigenvalue weighted by molar-refractivity contribution is 5.85. The second kappa shape index (κ2) is 4.05. The minimum absolute atomic E-state index is 0.0992. The number of rotatable bonds is 4. The van der Waals surface area contributed by atoms with E-state index in [1.807, 2.05) is 7.05 Å². The Morgan fingerprint density at radius 3 is 3.06 bits per heavy atom. The van der Waals surface area contributed by atoms with Gasteiger partial charge in [-0.15, -0.1) is 0 Å². The average Bonchev–Trinajstić information content (AvgIpc) is 2.83. The molecule has 0 unspecified atom stereocenters. The molecule has 0 bridgehead atoms. The Kier molecular flexibility index (Phi) is 2.59. The normalized spacial score (nSPS) is 10.3. The van der Waals surface area contributed by atoms with Crippen LogP contribution in [0.5, 0.6) is 0 Å². The molecule has 0 aliphatic rings. The van der Waals surface area contributed by atoms with Gasteiger partial charge in [-0.2, -0.15) is 5.10 Å². The Morgan fingerprint density at radius 2 is 2.50 bits per heavy atom. The Balaban J connectivity index is 1.97. The molecule has 2 aromatic rings. The summed E-state index contributed by atoms with van der Waals surface area (Å²) in [5, 5.41) is 19.1. The molecule has 0 saturated carbocycles. The van der Waals surface area contributed by atoms with Gasteiger partial charge in [0.25, 0.3) is 0 Å². The highest BCUT2D eigenvalue weighted by Crippen LogP contribution is 2.07. The van der Waals surface area contributed by atoms with Crippen LogP contribution in [-0.4, -0.2) is 26.0 Å². The van der Waals surface area contributed by atoms with Gasteiger partial charge < -0.3 is 14.9 Å². The fraction of sp³-hybridized carbons (Fsp3) is 0.222. The first-order valence-electron chi connectivity index (χ1n) is 4.57. The van der Waals surface area contributed by atoms with Gasteiger partial charge in [-0.3, -0.25) is 4.68 Å². The largest absolute Gasteiger partial charge is 0.476 e. The molecular weight excluding hydrogens is 212 g/mol. The number of carboxylic acids is 1. The number of carbonyl (C=O) groups is 1. The van der Waals surface area contributed by atoms with Crippen molar-refractivity contribution in [3.8, 4) is 0 Å². The van der Waals surface area contributed by atoms with Crippen LogP contribution < -0.4 is 5.32 Å². The third kappa shape index (κ3) is 2.19. The number of carboxylic acid groups (broad SMARTS) is 1. The van der Waals surface area contributed by atoms with Gasteiger partial charge in [0, 0.05) is 25.4 Å². The topological polar surface area (TPSA) is 93.2 Å². The summed E-state index contributed by atoms with van der Waals surface area (Å²) in [6, 6.07) is 3.17. The minimum atomic E-state index is -1.10. The lowest BCUT2D eigenvalue weighted by Gasteiger charge is -1.97. The molecule has 0 amide bonds. The fourth-order valence-electron chi connectivity index (χ4n) is 1.18. The molecule has 2 rings (SSSR count). The summed E-state index contributed by atoms with van der Waals surface area (Å²) in [4.78, 5) is 10.5. The maximum Gasteiger partial charge on any atom is 0.358 e.